The summed E-state index contributed by atoms with van der Waals surface area (Å²) in [6, 6.07) is 26.2. The predicted molar refractivity (Wildman–Crippen MR) is 135 cm³/mol. The second-order valence-corrected chi connectivity index (χ2v) is 10.9. The van der Waals surface area contributed by atoms with Gasteiger partial charge in [0.1, 0.15) is 10.9 Å². The van der Waals surface area contributed by atoms with Gasteiger partial charge >= 0.3 is 0 Å². The SMILES string of the molecule is CCC(=O)[O-].Ic1cc(I)c([S+](c2ccccc2)c2ccccc2)c(I)c1. The molecule has 0 fully saturated rings. The van der Waals surface area contributed by atoms with Crippen LogP contribution in [0.5, 0.6) is 0 Å². The van der Waals surface area contributed by atoms with E-state index in [4.69, 9.17) is 0 Å². The lowest BCUT2D eigenvalue weighted by atomic mass is 10.4. The van der Waals surface area contributed by atoms with Gasteiger partial charge in [-0.2, -0.15) is 0 Å². The summed E-state index contributed by atoms with van der Waals surface area (Å²) in [5.41, 5.74) is 0. The highest BCUT2D eigenvalue weighted by atomic mass is 127. The lowest BCUT2D eigenvalue weighted by Crippen LogP contribution is -2.19. The average molecular weight is 714 g/mol. The van der Waals surface area contributed by atoms with Crippen molar-refractivity contribution in [2.45, 2.75) is 28.0 Å². The number of carbonyl (C=O) groups is 1. The summed E-state index contributed by atoms with van der Waals surface area (Å²) in [5.74, 6) is -0.995. The number of hydrogen-bond donors (Lipinski definition) is 0. The van der Waals surface area contributed by atoms with Gasteiger partial charge in [0.2, 0.25) is 0 Å². The van der Waals surface area contributed by atoms with Crippen LogP contribution in [0.3, 0.4) is 0 Å². The summed E-state index contributed by atoms with van der Waals surface area (Å²) >= 11 is 7.35. The number of hydrogen-bond acceptors (Lipinski definition) is 2. The Labute approximate surface area is 203 Å². The highest BCUT2D eigenvalue weighted by Crippen LogP contribution is 2.37. The first kappa shape index (κ1) is 23.0. The monoisotopic (exact) mass is 714 g/mol. The van der Waals surface area contributed by atoms with Crippen molar-refractivity contribution in [2.24, 2.45) is 0 Å². The molecule has 0 aromatic heterocycles. The van der Waals surface area contributed by atoms with Gasteiger partial charge in [-0.1, -0.05) is 43.3 Å². The van der Waals surface area contributed by atoms with E-state index in [1.165, 1.54) is 32.3 Å². The minimum absolute atomic E-state index is 0.0644. The van der Waals surface area contributed by atoms with Gasteiger partial charge < -0.3 is 9.90 Å². The van der Waals surface area contributed by atoms with Gasteiger partial charge in [-0.25, -0.2) is 0 Å². The first-order valence-corrected chi connectivity index (χ1v) is 12.6. The van der Waals surface area contributed by atoms with Crippen molar-refractivity contribution in [3.05, 3.63) is 83.5 Å². The fourth-order valence-corrected chi connectivity index (χ4v) is 9.22. The number of aliphatic carboxylic acids is 1. The van der Waals surface area contributed by atoms with E-state index < -0.39 is 5.97 Å². The van der Waals surface area contributed by atoms with Crippen molar-refractivity contribution in [3.8, 4) is 0 Å². The summed E-state index contributed by atoms with van der Waals surface area (Å²) in [7, 11) is -0.0644. The number of benzene rings is 3. The molecule has 0 radical (unpaired) electrons. The molecule has 0 amide bonds. The topological polar surface area (TPSA) is 40.1 Å². The first-order valence-electron chi connectivity index (χ1n) is 8.12. The summed E-state index contributed by atoms with van der Waals surface area (Å²) in [4.78, 5) is 13.4. The third-order valence-corrected chi connectivity index (χ3v) is 8.81. The maximum Gasteiger partial charge on any atom is 0.193 e. The van der Waals surface area contributed by atoms with Crippen LogP contribution < -0.4 is 5.11 Å². The molecule has 0 aliphatic carbocycles. The van der Waals surface area contributed by atoms with Crippen molar-refractivity contribution in [1.82, 2.24) is 0 Å². The Morgan fingerprint density at radius 3 is 1.56 bits per heavy atom. The highest BCUT2D eigenvalue weighted by molar-refractivity contribution is 14.1. The van der Waals surface area contributed by atoms with Gasteiger partial charge in [0.05, 0.1) is 7.14 Å². The molecule has 3 aromatic rings. The standard InChI is InChI=1S/C18H12I3S.C3H6O2/c19-13-11-16(20)18(17(21)12-13)22(14-7-3-1-4-8-14)15-9-5-2-6-10-15;1-2-3(4)5/h1-12H;2H2,1H3,(H,4,5)/q+1;/p-1. The Kier molecular flexibility index (Phi) is 9.88. The third-order valence-electron chi connectivity index (χ3n) is 3.41. The van der Waals surface area contributed by atoms with Crippen molar-refractivity contribution in [2.75, 3.05) is 0 Å². The number of carboxylic acids is 1. The largest absolute Gasteiger partial charge is 0.550 e. The minimum Gasteiger partial charge on any atom is -0.550 e. The Morgan fingerprint density at radius 1 is 0.852 bits per heavy atom. The maximum atomic E-state index is 9.26. The molecular formula is C21H17I3O2S. The first-order chi connectivity index (χ1) is 12.9. The molecule has 140 valence electrons. The number of carboxylic acid groups (broad SMARTS) is 1. The Bertz CT molecular complexity index is 824. The van der Waals surface area contributed by atoms with E-state index in [1.54, 1.807) is 0 Å². The molecule has 0 heterocycles. The second kappa shape index (κ2) is 11.6. The number of carbonyl (C=O) groups excluding carboxylic acids is 1. The van der Waals surface area contributed by atoms with E-state index in [0.717, 1.165) is 0 Å². The molecule has 0 N–H and O–H groups in total. The molecule has 3 aromatic carbocycles. The molecule has 0 saturated carbocycles. The molecular weight excluding hydrogens is 697 g/mol. The molecule has 0 spiro atoms. The smallest absolute Gasteiger partial charge is 0.193 e. The summed E-state index contributed by atoms with van der Waals surface area (Å²) in [5, 5.41) is 9.26. The normalized spacial score (nSPS) is 10.3. The van der Waals surface area contributed by atoms with Gasteiger partial charge in [0, 0.05) is 9.54 Å². The molecule has 0 unspecified atom stereocenters. The van der Waals surface area contributed by atoms with E-state index in [9.17, 15) is 9.90 Å². The predicted octanol–water partition coefficient (Wildman–Crippen LogP) is 5.74. The maximum absolute atomic E-state index is 9.26. The van der Waals surface area contributed by atoms with Crippen LogP contribution in [-0.2, 0) is 15.7 Å². The van der Waals surface area contributed by atoms with Crippen LogP contribution in [0.2, 0.25) is 0 Å². The van der Waals surface area contributed by atoms with Crippen molar-refractivity contribution in [3.63, 3.8) is 0 Å². The van der Waals surface area contributed by atoms with Gasteiger partial charge in [0.15, 0.2) is 14.7 Å². The number of rotatable bonds is 4. The zero-order valence-electron chi connectivity index (χ0n) is 14.5. The summed E-state index contributed by atoms with van der Waals surface area (Å²) in [6.07, 6.45) is 0.111. The lowest BCUT2D eigenvalue weighted by molar-refractivity contribution is -0.305. The van der Waals surface area contributed by atoms with Crippen molar-refractivity contribution < 1.29 is 9.90 Å². The van der Waals surface area contributed by atoms with Crippen LogP contribution in [0.1, 0.15) is 13.3 Å². The van der Waals surface area contributed by atoms with Crippen LogP contribution in [0.15, 0.2) is 87.5 Å². The fraction of sp³-hybridized carbons (Fsp3) is 0.0952. The van der Waals surface area contributed by atoms with E-state index in [1.807, 2.05) is 0 Å². The van der Waals surface area contributed by atoms with Gasteiger partial charge in [-0.15, -0.1) is 0 Å². The Hall–Kier alpha value is -0.330. The quantitative estimate of drug-likeness (QED) is 0.256. The third kappa shape index (κ3) is 6.90. The summed E-state index contributed by atoms with van der Waals surface area (Å²) < 4.78 is 3.97. The van der Waals surface area contributed by atoms with E-state index in [2.05, 4.69) is 141 Å². The lowest BCUT2D eigenvalue weighted by Gasteiger charge is -2.11. The zero-order valence-corrected chi connectivity index (χ0v) is 21.8. The van der Waals surface area contributed by atoms with E-state index in [0.29, 0.717) is 0 Å². The highest BCUT2D eigenvalue weighted by Gasteiger charge is 2.33. The molecule has 2 nitrogen and oxygen atoms in total. The van der Waals surface area contributed by atoms with Gasteiger partial charge in [-0.3, -0.25) is 0 Å². The fourth-order valence-electron chi connectivity index (χ4n) is 2.21. The molecule has 27 heavy (non-hydrogen) atoms. The molecule has 0 atom stereocenters. The number of halogens is 3. The van der Waals surface area contributed by atoms with Crippen molar-refractivity contribution in [1.29, 1.82) is 0 Å². The van der Waals surface area contributed by atoms with Crippen LogP contribution in [0.4, 0.5) is 0 Å². The zero-order chi connectivity index (χ0) is 19.8. The second-order valence-electron chi connectivity index (χ2n) is 5.36. The van der Waals surface area contributed by atoms with Gasteiger partial charge in [0.25, 0.3) is 0 Å². The van der Waals surface area contributed by atoms with E-state index in [-0.39, 0.29) is 17.3 Å². The molecule has 0 bridgehead atoms. The Balaban J connectivity index is 0.000000465. The van der Waals surface area contributed by atoms with Crippen LogP contribution in [0.25, 0.3) is 0 Å². The minimum atomic E-state index is -0.995. The molecule has 0 saturated heterocycles. The molecule has 6 heteroatoms. The van der Waals surface area contributed by atoms with Crippen LogP contribution in [0, 0.1) is 10.7 Å². The van der Waals surface area contributed by atoms with E-state index >= 15 is 0 Å². The van der Waals surface area contributed by atoms with Crippen LogP contribution >= 0.6 is 67.8 Å². The Morgan fingerprint density at radius 2 is 1.22 bits per heavy atom. The van der Waals surface area contributed by atoms with Crippen LogP contribution in [-0.4, -0.2) is 5.97 Å². The van der Waals surface area contributed by atoms with Crippen molar-refractivity contribution >= 4 is 84.6 Å². The molecule has 0 aliphatic rings. The molecule has 3 rings (SSSR count). The molecule has 0 aliphatic heterocycles. The van der Waals surface area contributed by atoms with Gasteiger partial charge in [-0.05, 0) is 111 Å². The average Bonchev–Trinajstić information content (AvgIpc) is 2.66. The summed E-state index contributed by atoms with van der Waals surface area (Å²) in [6.45, 7) is 1.54.